The van der Waals surface area contributed by atoms with Crippen LogP contribution in [-0.4, -0.2) is 44.2 Å². The molecule has 1 aliphatic heterocycles. The van der Waals surface area contributed by atoms with E-state index in [4.69, 9.17) is 9.15 Å². The summed E-state index contributed by atoms with van der Waals surface area (Å²) in [5, 5.41) is 9.94. The lowest BCUT2D eigenvalue weighted by molar-refractivity contribution is -0.0230. The van der Waals surface area contributed by atoms with Gasteiger partial charge in [0.15, 0.2) is 4.96 Å². The van der Waals surface area contributed by atoms with Gasteiger partial charge in [-0.25, -0.2) is 4.98 Å². The fourth-order valence-corrected chi connectivity index (χ4v) is 3.78. The van der Waals surface area contributed by atoms with Gasteiger partial charge in [-0.05, 0) is 6.92 Å². The minimum absolute atomic E-state index is 0.0489. The van der Waals surface area contributed by atoms with E-state index in [1.165, 1.54) is 11.3 Å². The quantitative estimate of drug-likeness (QED) is 0.706. The molecule has 0 saturated carbocycles. The van der Waals surface area contributed by atoms with E-state index in [0.29, 0.717) is 36.5 Å². The fraction of sp³-hybridized carbons (Fsp3) is 0.467. The van der Waals surface area contributed by atoms with E-state index in [1.54, 1.807) is 17.4 Å². The number of fused-ring (bicyclic) bond motifs is 1. The van der Waals surface area contributed by atoms with Gasteiger partial charge in [0, 0.05) is 37.2 Å². The number of aromatic nitrogens is 4. The number of nitrogens with zero attached hydrogens (tertiary/aromatic N) is 5. The number of aryl methyl sites for hydroxylation is 2. The normalized spacial score (nSPS) is 19.2. The third-order valence-corrected chi connectivity index (χ3v) is 5.00. The van der Waals surface area contributed by atoms with E-state index < -0.39 is 0 Å². The van der Waals surface area contributed by atoms with E-state index in [2.05, 4.69) is 20.1 Å². The summed E-state index contributed by atoms with van der Waals surface area (Å²) in [5.41, 5.74) is 1.60. The predicted molar refractivity (Wildman–Crippen MR) is 87.1 cm³/mol. The molecular weight excluding hydrogens is 330 g/mol. The molecule has 0 spiro atoms. The van der Waals surface area contributed by atoms with E-state index in [9.17, 15) is 4.79 Å². The van der Waals surface area contributed by atoms with Crippen LogP contribution in [0.25, 0.3) is 4.96 Å². The molecule has 0 amide bonds. The molecule has 9 heteroatoms. The van der Waals surface area contributed by atoms with Crippen LogP contribution in [-0.2, 0) is 11.3 Å². The molecule has 4 rings (SSSR count). The third kappa shape index (κ3) is 2.74. The molecule has 126 valence electrons. The Bertz CT molecular complexity index is 931. The first-order valence-electron chi connectivity index (χ1n) is 7.70. The maximum atomic E-state index is 12.3. The summed E-state index contributed by atoms with van der Waals surface area (Å²) in [4.78, 5) is 19.8. The van der Waals surface area contributed by atoms with Crippen LogP contribution in [0.5, 0.6) is 0 Å². The van der Waals surface area contributed by atoms with Crippen molar-refractivity contribution in [2.75, 3.05) is 19.8 Å². The van der Waals surface area contributed by atoms with Crippen LogP contribution in [0.4, 0.5) is 0 Å². The first-order chi connectivity index (χ1) is 11.6. The molecule has 1 aliphatic rings. The van der Waals surface area contributed by atoms with E-state index in [-0.39, 0.29) is 11.6 Å². The molecule has 1 atom stereocenters. The molecule has 1 saturated heterocycles. The Balaban J connectivity index is 1.64. The topological polar surface area (TPSA) is 85.8 Å². The molecule has 0 N–H and O–H groups in total. The highest BCUT2D eigenvalue weighted by Gasteiger charge is 2.29. The van der Waals surface area contributed by atoms with Crippen molar-refractivity contribution in [2.24, 2.45) is 0 Å². The van der Waals surface area contributed by atoms with Gasteiger partial charge in [0.05, 0.1) is 18.9 Å². The highest BCUT2D eigenvalue weighted by molar-refractivity contribution is 7.15. The van der Waals surface area contributed by atoms with Crippen molar-refractivity contribution in [1.82, 2.24) is 24.5 Å². The number of morpholine rings is 1. The Morgan fingerprint density at radius 2 is 2.25 bits per heavy atom. The number of hydrogen-bond acceptors (Lipinski definition) is 8. The lowest BCUT2D eigenvalue weighted by Gasteiger charge is -2.32. The second-order valence-corrected chi connectivity index (χ2v) is 6.64. The molecule has 24 heavy (non-hydrogen) atoms. The van der Waals surface area contributed by atoms with Crippen LogP contribution in [0.15, 0.2) is 20.7 Å². The molecule has 0 radical (unpaired) electrons. The van der Waals surface area contributed by atoms with Gasteiger partial charge in [0.1, 0.15) is 6.04 Å². The average molecular weight is 347 g/mol. The molecule has 0 bridgehead atoms. The van der Waals surface area contributed by atoms with Crippen molar-refractivity contribution >= 4 is 16.3 Å². The summed E-state index contributed by atoms with van der Waals surface area (Å²) in [7, 11) is 0. The minimum atomic E-state index is -0.120. The number of thiazole rings is 1. The third-order valence-electron chi connectivity index (χ3n) is 4.06. The van der Waals surface area contributed by atoms with Crippen LogP contribution in [0.1, 0.15) is 29.2 Å². The van der Waals surface area contributed by atoms with Crippen molar-refractivity contribution in [3.63, 3.8) is 0 Å². The van der Waals surface area contributed by atoms with Crippen molar-refractivity contribution in [2.45, 2.75) is 26.4 Å². The van der Waals surface area contributed by atoms with Gasteiger partial charge >= 0.3 is 0 Å². The first-order valence-corrected chi connectivity index (χ1v) is 8.58. The minimum Gasteiger partial charge on any atom is -0.424 e. The van der Waals surface area contributed by atoms with Gasteiger partial charge in [-0.3, -0.25) is 14.1 Å². The Kier molecular flexibility index (Phi) is 3.91. The van der Waals surface area contributed by atoms with Crippen LogP contribution in [0, 0.1) is 13.8 Å². The lowest BCUT2D eigenvalue weighted by Crippen LogP contribution is -2.39. The van der Waals surface area contributed by atoms with E-state index >= 15 is 0 Å². The average Bonchev–Trinajstić information content (AvgIpc) is 3.14. The Morgan fingerprint density at radius 3 is 3.04 bits per heavy atom. The monoisotopic (exact) mass is 347 g/mol. The number of ether oxygens (including phenoxy) is 1. The maximum absolute atomic E-state index is 12.3. The molecule has 3 aromatic rings. The van der Waals surface area contributed by atoms with Gasteiger partial charge < -0.3 is 9.15 Å². The molecule has 8 nitrogen and oxygen atoms in total. The smallest absolute Gasteiger partial charge is 0.259 e. The van der Waals surface area contributed by atoms with Crippen molar-refractivity contribution < 1.29 is 9.15 Å². The lowest BCUT2D eigenvalue weighted by atomic mass is 10.2. The summed E-state index contributed by atoms with van der Waals surface area (Å²) >= 11 is 1.47. The zero-order chi connectivity index (χ0) is 16.7. The van der Waals surface area contributed by atoms with Crippen LogP contribution in [0.2, 0.25) is 0 Å². The zero-order valence-corrected chi connectivity index (χ0v) is 14.2. The maximum Gasteiger partial charge on any atom is 0.259 e. The van der Waals surface area contributed by atoms with Gasteiger partial charge in [-0.1, -0.05) is 0 Å². The summed E-state index contributed by atoms with van der Waals surface area (Å²) < 4.78 is 12.7. The van der Waals surface area contributed by atoms with Gasteiger partial charge in [-0.15, -0.1) is 21.5 Å². The Morgan fingerprint density at radius 1 is 1.38 bits per heavy atom. The summed E-state index contributed by atoms with van der Waals surface area (Å²) in [6, 6.07) is 1.48. The van der Waals surface area contributed by atoms with Crippen LogP contribution < -0.4 is 5.56 Å². The standard InChI is InChI=1S/C15H17N5O3S/c1-9-8-24-15-16-11(5-13(21)20(9)15)6-19-3-4-22-7-12(19)14-18-17-10(2)23-14/h5,8,12H,3-4,6-7H2,1-2H3. The summed E-state index contributed by atoms with van der Waals surface area (Å²) in [6.45, 7) is 6.04. The Hall–Kier alpha value is -2.10. The molecular formula is C15H17N5O3S. The largest absolute Gasteiger partial charge is 0.424 e. The molecule has 3 aromatic heterocycles. The predicted octanol–water partition coefficient (Wildman–Crippen LogP) is 1.33. The number of rotatable bonds is 3. The van der Waals surface area contributed by atoms with Gasteiger partial charge in [0.2, 0.25) is 11.8 Å². The van der Waals surface area contributed by atoms with E-state index in [1.807, 2.05) is 12.3 Å². The van der Waals surface area contributed by atoms with Gasteiger partial charge in [-0.2, -0.15) is 0 Å². The SMILES string of the molecule is Cc1nnc(C2COCCN2Cc2cc(=O)n3c(C)csc3n2)o1. The molecule has 1 unspecified atom stereocenters. The van der Waals surface area contributed by atoms with Crippen molar-refractivity contribution in [3.05, 3.63) is 45.0 Å². The van der Waals surface area contributed by atoms with Crippen LogP contribution >= 0.6 is 11.3 Å². The zero-order valence-electron chi connectivity index (χ0n) is 13.4. The molecule has 0 aromatic carbocycles. The molecule has 4 heterocycles. The second-order valence-electron chi connectivity index (χ2n) is 5.80. The molecule has 1 fully saturated rings. The second kappa shape index (κ2) is 6.08. The van der Waals surface area contributed by atoms with Crippen molar-refractivity contribution in [3.8, 4) is 0 Å². The first kappa shape index (κ1) is 15.4. The van der Waals surface area contributed by atoms with Crippen LogP contribution in [0.3, 0.4) is 0 Å². The fourth-order valence-electron chi connectivity index (χ4n) is 2.89. The highest BCUT2D eigenvalue weighted by Crippen LogP contribution is 2.24. The summed E-state index contributed by atoms with van der Waals surface area (Å²) in [5.74, 6) is 1.07. The highest BCUT2D eigenvalue weighted by atomic mass is 32.1. The van der Waals surface area contributed by atoms with E-state index in [0.717, 1.165) is 17.9 Å². The van der Waals surface area contributed by atoms with Crippen molar-refractivity contribution in [1.29, 1.82) is 0 Å². The summed E-state index contributed by atoms with van der Waals surface area (Å²) in [6.07, 6.45) is 0. The number of hydrogen-bond donors (Lipinski definition) is 0. The molecule has 0 aliphatic carbocycles. The van der Waals surface area contributed by atoms with Gasteiger partial charge in [0.25, 0.3) is 5.56 Å². The Labute approximate surface area is 141 Å².